The lowest BCUT2D eigenvalue weighted by atomic mass is 9.67. The number of hydrogen-bond donors (Lipinski definition) is 1. The average Bonchev–Trinajstić information content (AvgIpc) is 2.96. The second-order valence-corrected chi connectivity index (χ2v) is 6.49. The predicted molar refractivity (Wildman–Crippen MR) is 102 cm³/mol. The fourth-order valence-electron chi connectivity index (χ4n) is 3.88. The molecule has 10 nitrogen and oxygen atoms in total. The fourth-order valence-corrected chi connectivity index (χ4v) is 3.88. The highest BCUT2D eigenvalue weighted by molar-refractivity contribution is 6.23. The fraction of sp³-hybridized carbons (Fsp3) is 0.300. The van der Waals surface area contributed by atoms with Crippen LogP contribution in [0.1, 0.15) is 12.5 Å². The number of carbonyl (C=O) groups is 4. The summed E-state index contributed by atoms with van der Waals surface area (Å²) in [4.78, 5) is 52.6. The average molecular weight is 416 g/mol. The van der Waals surface area contributed by atoms with Crippen molar-refractivity contribution in [1.82, 2.24) is 0 Å². The van der Waals surface area contributed by atoms with Crippen molar-refractivity contribution in [2.24, 2.45) is 5.73 Å². The summed E-state index contributed by atoms with van der Waals surface area (Å²) in [5, 5.41) is 0. The number of rotatable bonds is 4. The summed E-state index contributed by atoms with van der Waals surface area (Å²) < 4.78 is 19.9. The standard InChI is InChI=1S/C20H20N2O8/c1-10-14(17(24)28-3)20(15(16(21)30-10)18(25)29-4)11-7-5-6-8-12(11)22(19(20)26)9-13(23)27-2/h5-8H,9,21H2,1-4H3. The smallest absolute Gasteiger partial charge is 0.340 e. The number of allylic oxidation sites excluding steroid dienone is 1. The van der Waals surface area contributed by atoms with E-state index < -0.39 is 41.7 Å². The zero-order valence-corrected chi connectivity index (χ0v) is 16.8. The van der Waals surface area contributed by atoms with Gasteiger partial charge in [0.1, 0.15) is 28.9 Å². The lowest BCUT2D eigenvalue weighted by molar-refractivity contribution is -0.141. The number of benzene rings is 1. The second-order valence-electron chi connectivity index (χ2n) is 6.49. The quantitative estimate of drug-likeness (QED) is 0.542. The summed E-state index contributed by atoms with van der Waals surface area (Å²) in [7, 11) is 3.42. The van der Waals surface area contributed by atoms with Gasteiger partial charge >= 0.3 is 17.9 Å². The van der Waals surface area contributed by atoms with Crippen LogP contribution >= 0.6 is 0 Å². The van der Waals surface area contributed by atoms with Crippen LogP contribution in [0.25, 0.3) is 0 Å². The van der Waals surface area contributed by atoms with Crippen LogP contribution in [0.3, 0.4) is 0 Å². The highest BCUT2D eigenvalue weighted by atomic mass is 16.5. The minimum atomic E-state index is -2.02. The van der Waals surface area contributed by atoms with Crippen LogP contribution in [-0.4, -0.2) is 51.7 Å². The van der Waals surface area contributed by atoms with Gasteiger partial charge in [0.15, 0.2) is 0 Å². The monoisotopic (exact) mass is 416 g/mol. The molecule has 10 heteroatoms. The molecule has 2 N–H and O–H groups in total. The maximum Gasteiger partial charge on any atom is 0.340 e. The van der Waals surface area contributed by atoms with Crippen molar-refractivity contribution in [1.29, 1.82) is 0 Å². The molecule has 1 atom stereocenters. The number of esters is 3. The van der Waals surface area contributed by atoms with Gasteiger partial charge in [-0.15, -0.1) is 0 Å². The van der Waals surface area contributed by atoms with Gasteiger partial charge < -0.3 is 24.7 Å². The molecule has 0 radical (unpaired) electrons. The number of para-hydroxylation sites is 1. The number of methoxy groups -OCH3 is 3. The molecule has 30 heavy (non-hydrogen) atoms. The highest BCUT2D eigenvalue weighted by Gasteiger charge is 2.64. The molecule has 0 saturated carbocycles. The Hall–Kier alpha value is -3.82. The molecular formula is C20H20N2O8. The normalized spacial score (nSPS) is 20.1. The molecule has 1 aromatic carbocycles. The molecule has 0 saturated heterocycles. The molecule has 1 unspecified atom stereocenters. The zero-order valence-electron chi connectivity index (χ0n) is 16.8. The molecule has 0 aromatic heterocycles. The minimum Gasteiger partial charge on any atom is -0.468 e. The van der Waals surface area contributed by atoms with E-state index >= 15 is 0 Å². The Balaban J connectivity index is 2.43. The lowest BCUT2D eigenvalue weighted by Crippen LogP contribution is -2.51. The number of ether oxygens (including phenoxy) is 4. The van der Waals surface area contributed by atoms with Gasteiger partial charge in [-0.25, -0.2) is 9.59 Å². The van der Waals surface area contributed by atoms with Crippen molar-refractivity contribution in [3.8, 4) is 0 Å². The van der Waals surface area contributed by atoms with Crippen LogP contribution in [0.2, 0.25) is 0 Å². The number of hydrogen-bond acceptors (Lipinski definition) is 9. The van der Waals surface area contributed by atoms with Crippen LogP contribution in [0, 0.1) is 0 Å². The molecule has 1 aromatic rings. The van der Waals surface area contributed by atoms with Gasteiger partial charge in [0.05, 0.1) is 21.3 Å². The molecule has 158 valence electrons. The topological polar surface area (TPSA) is 134 Å². The summed E-state index contributed by atoms with van der Waals surface area (Å²) in [5.74, 6) is -3.74. The molecule has 2 aliphatic heterocycles. The van der Waals surface area contributed by atoms with E-state index in [1.54, 1.807) is 24.3 Å². The Morgan fingerprint density at radius 3 is 2.23 bits per heavy atom. The first kappa shape index (κ1) is 20.9. The predicted octanol–water partition coefficient (Wildman–Crippen LogP) is 0.265. The summed E-state index contributed by atoms with van der Waals surface area (Å²) >= 11 is 0. The molecule has 0 fully saturated rings. The van der Waals surface area contributed by atoms with Crippen LogP contribution < -0.4 is 10.6 Å². The Morgan fingerprint density at radius 2 is 1.63 bits per heavy atom. The van der Waals surface area contributed by atoms with Gasteiger partial charge in [-0.3, -0.25) is 14.5 Å². The minimum absolute atomic E-state index is 0.0184. The van der Waals surface area contributed by atoms with Crippen LogP contribution in [-0.2, 0) is 43.5 Å². The van der Waals surface area contributed by atoms with E-state index in [1.165, 1.54) is 14.0 Å². The highest BCUT2D eigenvalue weighted by Crippen LogP contribution is 2.54. The van der Waals surface area contributed by atoms with Crippen LogP contribution in [0.5, 0.6) is 0 Å². The largest absolute Gasteiger partial charge is 0.468 e. The van der Waals surface area contributed by atoms with Gasteiger partial charge in [-0.05, 0) is 13.0 Å². The summed E-state index contributed by atoms with van der Waals surface area (Å²) in [6.45, 7) is 0.977. The van der Waals surface area contributed by atoms with Crippen molar-refractivity contribution < 1.29 is 38.1 Å². The molecule has 3 rings (SSSR count). The van der Waals surface area contributed by atoms with Crippen molar-refractivity contribution in [3.05, 3.63) is 52.6 Å². The van der Waals surface area contributed by atoms with Crippen LogP contribution in [0.15, 0.2) is 47.1 Å². The maximum atomic E-state index is 13.9. The summed E-state index contributed by atoms with van der Waals surface area (Å²) in [6.07, 6.45) is 0. The van der Waals surface area contributed by atoms with Crippen molar-refractivity contribution in [2.75, 3.05) is 32.8 Å². The van der Waals surface area contributed by atoms with E-state index in [1.807, 2.05) is 0 Å². The van der Waals surface area contributed by atoms with Gasteiger partial charge in [0.25, 0.3) is 0 Å². The van der Waals surface area contributed by atoms with Crippen molar-refractivity contribution in [3.63, 3.8) is 0 Å². The van der Waals surface area contributed by atoms with E-state index in [0.717, 1.165) is 19.1 Å². The Bertz CT molecular complexity index is 985. The molecule has 1 spiro atoms. The zero-order chi connectivity index (χ0) is 22.2. The second kappa shape index (κ2) is 7.54. The maximum absolute atomic E-state index is 13.9. The molecule has 1 amide bonds. The first-order chi connectivity index (χ1) is 14.2. The number of nitrogens with zero attached hydrogens (tertiary/aromatic N) is 1. The number of carbonyl (C=O) groups excluding carboxylic acids is 4. The van der Waals surface area contributed by atoms with Gasteiger partial charge in [0.2, 0.25) is 11.8 Å². The SMILES string of the molecule is COC(=O)CN1C(=O)C2(C(C(=O)OC)=C(C)OC(N)=C2C(=O)OC)c2ccccc21. The molecule has 0 bridgehead atoms. The van der Waals surface area contributed by atoms with E-state index in [9.17, 15) is 19.2 Å². The molecule has 2 heterocycles. The summed E-state index contributed by atoms with van der Waals surface area (Å²) in [5.41, 5.74) is 3.94. The van der Waals surface area contributed by atoms with Crippen molar-refractivity contribution >= 4 is 29.5 Å². The van der Waals surface area contributed by atoms with E-state index in [2.05, 4.69) is 0 Å². The lowest BCUT2D eigenvalue weighted by Gasteiger charge is -2.35. The first-order valence-corrected chi connectivity index (χ1v) is 8.79. The molecular weight excluding hydrogens is 396 g/mol. The van der Waals surface area contributed by atoms with E-state index in [-0.39, 0.29) is 22.5 Å². The van der Waals surface area contributed by atoms with E-state index in [4.69, 9.17) is 24.7 Å². The van der Waals surface area contributed by atoms with Gasteiger partial charge in [0, 0.05) is 11.3 Å². The Morgan fingerprint density at radius 1 is 1.03 bits per heavy atom. The van der Waals surface area contributed by atoms with Gasteiger partial charge in [-0.1, -0.05) is 18.2 Å². The van der Waals surface area contributed by atoms with Crippen molar-refractivity contribution in [2.45, 2.75) is 12.3 Å². The molecule has 2 aliphatic rings. The van der Waals surface area contributed by atoms with E-state index in [0.29, 0.717) is 5.69 Å². The third-order valence-electron chi connectivity index (χ3n) is 5.07. The van der Waals surface area contributed by atoms with Crippen LogP contribution in [0.4, 0.5) is 5.69 Å². The Labute approximate surface area is 171 Å². The third kappa shape index (κ3) is 2.71. The third-order valence-corrected chi connectivity index (χ3v) is 5.07. The Kier molecular flexibility index (Phi) is 5.26. The first-order valence-electron chi connectivity index (χ1n) is 8.79. The number of anilines is 1. The molecule has 0 aliphatic carbocycles. The number of fused-ring (bicyclic) bond motifs is 2. The number of amides is 1. The summed E-state index contributed by atoms with van der Waals surface area (Å²) in [6, 6.07) is 6.41. The number of nitrogens with two attached hydrogens (primary N) is 1. The van der Waals surface area contributed by atoms with Gasteiger partial charge in [-0.2, -0.15) is 0 Å².